The van der Waals surface area contributed by atoms with Crippen LogP contribution in [0.5, 0.6) is 0 Å². The minimum absolute atomic E-state index is 0.0336. The van der Waals surface area contributed by atoms with Crippen molar-refractivity contribution in [2.45, 2.75) is 45.6 Å². The standard InChI is InChI=1S/C19H26N2O3/c1-6-15(12-23-5)20-18(22)16-11-17(24-21-16)13-7-9-14(10-8-13)19(2,3)4/h7-11,15H,6,12H2,1-5H3,(H,20,22). The zero-order valence-electron chi connectivity index (χ0n) is 15.1. The molecule has 0 aliphatic heterocycles. The van der Waals surface area contributed by atoms with Crippen molar-refractivity contribution in [3.63, 3.8) is 0 Å². The molecular weight excluding hydrogens is 304 g/mol. The average molecular weight is 330 g/mol. The summed E-state index contributed by atoms with van der Waals surface area (Å²) in [5.74, 6) is 0.334. The Morgan fingerprint density at radius 3 is 2.50 bits per heavy atom. The lowest BCUT2D eigenvalue weighted by molar-refractivity contribution is 0.0885. The van der Waals surface area contributed by atoms with E-state index in [1.807, 2.05) is 19.1 Å². The second kappa shape index (κ2) is 7.62. The van der Waals surface area contributed by atoms with Crippen LogP contribution >= 0.6 is 0 Å². The first-order valence-electron chi connectivity index (χ1n) is 8.22. The van der Waals surface area contributed by atoms with Crippen molar-refractivity contribution in [3.8, 4) is 11.3 Å². The van der Waals surface area contributed by atoms with E-state index in [-0.39, 0.29) is 23.1 Å². The van der Waals surface area contributed by atoms with Gasteiger partial charge in [-0.2, -0.15) is 0 Å². The van der Waals surface area contributed by atoms with E-state index in [0.29, 0.717) is 12.4 Å². The molecule has 0 aliphatic rings. The largest absolute Gasteiger partial charge is 0.383 e. The predicted octanol–water partition coefficient (Wildman–Crippen LogP) is 3.79. The van der Waals surface area contributed by atoms with Crippen LogP contribution in [-0.4, -0.2) is 30.8 Å². The second-order valence-corrected chi connectivity index (χ2v) is 6.94. The maximum absolute atomic E-state index is 12.2. The van der Waals surface area contributed by atoms with Crippen molar-refractivity contribution in [3.05, 3.63) is 41.6 Å². The third-order valence-corrected chi connectivity index (χ3v) is 3.97. The fourth-order valence-corrected chi connectivity index (χ4v) is 2.37. The molecule has 0 radical (unpaired) electrons. The summed E-state index contributed by atoms with van der Waals surface area (Å²) < 4.78 is 10.4. The summed E-state index contributed by atoms with van der Waals surface area (Å²) in [6.07, 6.45) is 0.790. The summed E-state index contributed by atoms with van der Waals surface area (Å²) in [7, 11) is 1.62. The molecule has 1 heterocycles. The first-order valence-corrected chi connectivity index (χ1v) is 8.22. The number of amides is 1. The SMILES string of the molecule is CCC(COC)NC(=O)c1cc(-c2ccc(C(C)(C)C)cc2)on1. The molecule has 2 rings (SSSR count). The van der Waals surface area contributed by atoms with Crippen LogP contribution in [0.3, 0.4) is 0 Å². The van der Waals surface area contributed by atoms with Crippen molar-refractivity contribution in [1.82, 2.24) is 10.5 Å². The van der Waals surface area contributed by atoms with Crippen LogP contribution in [0.4, 0.5) is 0 Å². The van der Waals surface area contributed by atoms with E-state index >= 15 is 0 Å². The lowest BCUT2D eigenvalue weighted by Crippen LogP contribution is -2.37. The third kappa shape index (κ3) is 4.45. The average Bonchev–Trinajstić information content (AvgIpc) is 3.03. The first-order chi connectivity index (χ1) is 11.3. The van der Waals surface area contributed by atoms with E-state index in [4.69, 9.17) is 9.26 Å². The lowest BCUT2D eigenvalue weighted by atomic mass is 9.86. The number of hydrogen-bond acceptors (Lipinski definition) is 4. The number of nitrogens with one attached hydrogen (secondary N) is 1. The summed E-state index contributed by atoms with van der Waals surface area (Å²) in [6.45, 7) is 8.98. The summed E-state index contributed by atoms with van der Waals surface area (Å²) in [5, 5.41) is 6.77. The molecule has 0 spiro atoms. The monoisotopic (exact) mass is 330 g/mol. The van der Waals surface area contributed by atoms with Crippen molar-refractivity contribution in [1.29, 1.82) is 0 Å². The Bertz CT molecular complexity index is 669. The number of methoxy groups -OCH3 is 1. The Balaban J connectivity index is 2.11. The fourth-order valence-electron chi connectivity index (χ4n) is 2.37. The maximum atomic E-state index is 12.2. The zero-order chi connectivity index (χ0) is 17.7. The van der Waals surface area contributed by atoms with E-state index in [2.05, 4.69) is 43.4 Å². The Labute approximate surface area is 143 Å². The molecule has 0 saturated heterocycles. The van der Waals surface area contributed by atoms with Crippen LogP contribution in [0.1, 0.15) is 50.2 Å². The molecule has 2 aromatic rings. The van der Waals surface area contributed by atoms with Gasteiger partial charge in [0.25, 0.3) is 5.91 Å². The Kier molecular flexibility index (Phi) is 5.78. The van der Waals surface area contributed by atoms with Crippen LogP contribution in [0.25, 0.3) is 11.3 Å². The molecule has 0 fully saturated rings. The number of benzene rings is 1. The van der Waals surface area contributed by atoms with Gasteiger partial charge in [-0.15, -0.1) is 0 Å². The number of rotatable bonds is 6. The molecule has 1 amide bonds. The Hall–Kier alpha value is -2.14. The van der Waals surface area contributed by atoms with Gasteiger partial charge in [-0.05, 0) is 17.4 Å². The van der Waals surface area contributed by atoms with Gasteiger partial charge in [-0.25, -0.2) is 0 Å². The highest BCUT2D eigenvalue weighted by molar-refractivity contribution is 5.93. The molecule has 24 heavy (non-hydrogen) atoms. The first kappa shape index (κ1) is 18.2. The molecule has 130 valence electrons. The fraction of sp³-hybridized carbons (Fsp3) is 0.474. The molecule has 1 atom stereocenters. The summed E-state index contributed by atoms with van der Waals surface area (Å²) >= 11 is 0. The molecular formula is C19H26N2O3. The van der Waals surface area contributed by atoms with E-state index in [0.717, 1.165) is 12.0 Å². The summed E-state index contributed by atoms with van der Waals surface area (Å²) in [4.78, 5) is 12.2. The van der Waals surface area contributed by atoms with Crippen molar-refractivity contribution >= 4 is 5.91 Å². The molecule has 0 aliphatic carbocycles. The smallest absolute Gasteiger partial charge is 0.273 e. The summed E-state index contributed by atoms with van der Waals surface area (Å²) in [5.41, 5.74) is 2.52. The molecule has 0 saturated carbocycles. The molecule has 5 nitrogen and oxygen atoms in total. The second-order valence-electron chi connectivity index (χ2n) is 6.94. The molecule has 0 bridgehead atoms. The molecule has 1 unspecified atom stereocenters. The van der Waals surface area contributed by atoms with Gasteiger partial charge in [-0.3, -0.25) is 4.79 Å². The molecule has 1 aromatic carbocycles. The Morgan fingerprint density at radius 1 is 1.29 bits per heavy atom. The molecule has 1 N–H and O–H groups in total. The van der Waals surface area contributed by atoms with Crippen LogP contribution in [-0.2, 0) is 10.2 Å². The van der Waals surface area contributed by atoms with Crippen LogP contribution in [0.2, 0.25) is 0 Å². The number of aromatic nitrogens is 1. The lowest BCUT2D eigenvalue weighted by Gasteiger charge is -2.18. The van der Waals surface area contributed by atoms with Gasteiger partial charge in [0.15, 0.2) is 11.5 Å². The van der Waals surface area contributed by atoms with Gasteiger partial charge in [-0.1, -0.05) is 57.1 Å². The van der Waals surface area contributed by atoms with Gasteiger partial charge in [0.1, 0.15) is 0 Å². The van der Waals surface area contributed by atoms with Crippen molar-refractivity contribution in [2.75, 3.05) is 13.7 Å². The third-order valence-electron chi connectivity index (χ3n) is 3.97. The number of hydrogen-bond donors (Lipinski definition) is 1. The molecule has 5 heteroatoms. The van der Waals surface area contributed by atoms with Gasteiger partial charge in [0.2, 0.25) is 0 Å². The number of carbonyl (C=O) groups is 1. The highest BCUT2D eigenvalue weighted by Gasteiger charge is 2.18. The number of ether oxygens (including phenoxy) is 1. The van der Waals surface area contributed by atoms with E-state index in [9.17, 15) is 4.79 Å². The van der Waals surface area contributed by atoms with E-state index in [1.54, 1.807) is 13.2 Å². The van der Waals surface area contributed by atoms with Gasteiger partial charge in [0.05, 0.1) is 12.6 Å². The van der Waals surface area contributed by atoms with E-state index in [1.165, 1.54) is 5.56 Å². The van der Waals surface area contributed by atoms with Gasteiger partial charge in [0, 0.05) is 18.7 Å². The summed E-state index contributed by atoms with van der Waals surface area (Å²) in [6, 6.07) is 9.76. The topological polar surface area (TPSA) is 64.4 Å². The van der Waals surface area contributed by atoms with Crippen LogP contribution < -0.4 is 5.32 Å². The number of nitrogens with zero attached hydrogens (tertiary/aromatic N) is 1. The minimum atomic E-state index is -0.250. The highest BCUT2D eigenvalue weighted by atomic mass is 16.5. The van der Waals surface area contributed by atoms with Crippen molar-refractivity contribution < 1.29 is 14.1 Å². The van der Waals surface area contributed by atoms with Crippen LogP contribution in [0, 0.1) is 0 Å². The van der Waals surface area contributed by atoms with Gasteiger partial charge < -0.3 is 14.6 Å². The normalized spacial score (nSPS) is 12.9. The van der Waals surface area contributed by atoms with Crippen molar-refractivity contribution in [2.24, 2.45) is 0 Å². The number of carbonyl (C=O) groups excluding carboxylic acids is 1. The quantitative estimate of drug-likeness (QED) is 0.875. The Morgan fingerprint density at radius 2 is 1.96 bits per heavy atom. The van der Waals surface area contributed by atoms with E-state index < -0.39 is 0 Å². The predicted molar refractivity (Wildman–Crippen MR) is 94.1 cm³/mol. The van der Waals surface area contributed by atoms with Crippen LogP contribution in [0.15, 0.2) is 34.9 Å². The highest BCUT2D eigenvalue weighted by Crippen LogP contribution is 2.26. The molecule has 1 aromatic heterocycles. The zero-order valence-corrected chi connectivity index (χ0v) is 15.1. The minimum Gasteiger partial charge on any atom is -0.383 e. The van der Waals surface area contributed by atoms with Gasteiger partial charge >= 0.3 is 0 Å². The maximum Gasteiger partial charge on any atom is 0.273 e.